The molecule has 0 atom stereocenters. The molecule has 3 rings (SSSR count). The number of rotatable bonds is 3. The van der Waals surface area contributed by atoms with Crippen LogP contribution in [0.25, 0.3) is 10.9 Å². The summed E-state index contributed by atoms with van der Waals surface area (Å²) in [5, 5.41) is 8.27. The molecule has 0 radical (unpaired) electrons. The van der Waals surface area contributed by atoms with Crippen LogP contribution < -0.4 is 5.56 Å². The third-order valence-electron chi connectivity index (χ3n) is 3.58. The second-order valence-electron chi connectivity index (χ2n) is 5.26. The number of fused-ring (bicyclic) bond motifs is 1. The van der Waals surface area contributed by atoms with Crippen LogP contribution in [0.15, 0.2) is 34.2 Å². The predicted molar refractivity (Wildman–Crippen MR) is 91.1 cm³/mol. The lowest BCUT2D eigenvalue weighted by Crippen LogP contribution is -2.20. The molecule has 2 heterocycles. The van der Waals surface area contributed by atoms with E-state index < -0.39 is 15.4 Å². The number of hydrogen-bond donors (Lipinski definition) is 0. The molecular weight excluding hydrogens is 375 g/mol. The minimum Gasteiger partial charge on any atom is -0.267 e. The van der Waals surface area contributed by atoms with E-state index in [0.717, 1.165) is 4.68 Å². The van der Waals surface area contributed by atoms with Gasteiger partial charge in [-0.15, -0.1) is 0 Å². The topological polar surface area (TPSA) is 86.8 Å². The smallest absolute Gasteiger partial charge is 0.267 e. The van der Waals surface area contributed by atoms with Crippen molar-refractivity contribution in [1.82, 2.24) is 19.6 Å². The molecule has 24 heavy (non-hydrogen) atoms. The summed E-state index contributed by atoms with van der Waals surface area (Å²) in [4.78, 5) is 12.3. The van der Waals surface area contributed by atoms with Gasteiger partial charge in [0, 0.05) is 24.1 Å². The molecule has 0 unspecified atom stereocenters. The lowest BCUT2D eigenvalue weighted by molar-refractivity contribution is 0.588. The Balaban J connectivity index is 2.19. The lowest BCUT2D eigenvalue weighted by atomic mass is 10.2. The van der Waals surface area contributed by atoms with E-state index in [9.17, 15) is 13.2 Å². The molecule has 0 saturated heterocycles. The Kier molecular flexibility index (Phi) is 4.15. The molecule has 0 saturated carbocycles. The summed E-state index contributed by atoms with van der Waals surface area (Å²) >= 11 is 11.9. The van der Waals surface area contributed by atoms with Crippen molar-refractivity contribution in [3.63, 3.8) is 0 Å². The summed E-state index contributed by atoms with van der Waals surface area (Å²) in [7, 11) is -0.895. The maximum atomic E-state index is 12.8. The van der Waals surface area contributed by atoms with Crippen LogP contribution in [0.4, 0.5) is 0 Å². The lowest BCUT2D eigenvalue weighted by Gasteiger charge is -2.05. The fourth-order valence-electron chi connectivity index (χ4n) is 2.35. The first-order valence-corrected chi connectivity index (χ1v) is 9.17. The van der Waals surface area contributed by atoms with Crippen molar-refractivity contribution < 1.29 is 8.42 Å². The molecule has 0 bridgehead atoms. The SMILES string of the molecule is Cn1ncc2c(c(S(=O)(=O)Cc3ccc(Cl)cc3Cl)nn2C)c1=O. The predicted octanol–water partition coefficient (Wildman–Crippen LogP) is 1.95. The zero-order valence-corrected chi connectivity index (χ0v) is 15.0. The summed E-state index contributed by atoms with van der Waals surface area (Å²) in [5.41, 5.74) is 0.200. The third kappa shape index (κ3) is 2.81. The van der Waals surface area contributed by atoms with Crippen LogP contribution in [0.3, 0.4) is 0 Å². The molecule has 126 valence electrons. The fourth-order valence-corrected chi connectivity index (χ4v) is 4.45. The molecule has 3 aromatic rings. The maximum Gasteiger partial charge on any atom is 0.278 e. The zero-order chi connectivity index (χ0) is 17.6. The number of nitrogens with zero attached hydrogens (tertiary/aromatic N) is 4. The Morgan fingerprint density at radius 3 is 2.54 bits per heavy atom. The van der Waals surface area contributed by atoms with E-state index in [2.05, 4.69) is 10.2 Å². The first kappa shape index (κ1) is 16.9. The minimum atomic E-state index is -3.89. The second kappa shape index (κ2) is 5.87. The van der Waals surface area contributed by atoms with Crippen molar-refractivity contribution in [2.45, 2.75) is 10.8 Å². The van der Waals surface area contributed by atoms with E-state index in [-0.39, 0.29) is 21.2 Å². The van der Waals surface area contributed by atoms with Crippen molar-refractivity contribution in [2.24, 2.45) is 14.1 Å². The second-order valence-corrected chi connectivity index (χ2v) is 8.01. The highest BCUT2D eigenvalue weighted by atomic mass is 35.5. The number of aryl methyl sites for hydroxylation is 2. The molecule has 7 nitrogen and oxygen atoms in total. The van der Waals surface area contributed by atoms with E-state index in [0.29, 0.717) is 16.1 Å². The van der Waals surface area contributed by atoms with E-state index >= 15 is 0 Å². The van der Waals surface area contributed by atoms with Crippen LogP contribution in [-0.4, -0.2) is 28.0 Å². The Labute approximate surface area is 147 Å². The molecule has 1 aromatic carbocycles. The third-order valence-corrected chi connectivity index (χ3v) is 5.73. The molecular formula is C14H12Cl2N4O3S. The van der Waals surface area contributed by atoms with E-state index in [1.165, 1.54) is 30.1 Å². The van der Waals surface area contributed by atoms with Crippen molar-refractivity contribution in [2.75, 3.05) is 0 Å². The van der Waals surface area contributed by atoms with E-state index in [1.807, 2.05) is 0 Å². The molecule has 0 fully saturated rings. The summed E-state index contributed by atoms with van der Waals surface area (Å²) in [6.07, 6.45) is 1.40. The molecule has 0 N–H and O–H groups in total. The Morgan fingerprint density at radius 1 is 1.17 bits per heavy atom. The number of sulfone groups is 1. The van der Waals surface area contributed by atoms with Gasteiger partial charge in [0.15, 0.2) is 5.03 Å². The van der Waals surface area contributed by atoms with Gasteiger partial charge in [0.25, 0.3) is 5.56 Å². The molecule has 0 aliphatic rings. The molecule has 10 heteroatoms. The number of hydrogen-bond acceptors (Lipinski definition) is 5. The largest absolute Gasteiger partial charge is 0.278 e. The summed E-state index contributed by atoms with van der Waals surface area (Å²) in [6.45, 7) is 0. The number of aromatic nitrogens is 4. The maximum absolute atomic E-state index is 12.8. The molecule has 2 aromatic heterocycles. The van der Waals surface area contributed by atoms with Crippen molar-refractivity contribution in [1.29, 1.82) is 0 Å². The van der Waals surface area contributed by atoms with Crippen molar-refractivity contribution in [3.8, 4) is 0 Å². The summed E-state index contributed by atoms with van der Waals surface area (Å²) in [5.74, 6) is -0.388. The van der Waals surface area contributed by atoms with Crippen molar-refractivity contribution in [3.05, 3.63) is 50.4 Å². The Bertz CT molecular complexity index is 1120. The monoisotopic (exact) mass is 386 g/mol. The van der Waals surface area contributed by atoms with Crippen LogP contribution in [-0.2, 0) is 29.7 Å². The van der Waals surface area contributed by atoms with Crippen LogP contribution in [0, 0.1) is 0 Å². The quantitative estimate of drug-likeness (QED) is 0.686. The standard InChI is InChI=1S/C14H12Cl2N4O3S/c1-19-11-6-17-20(2)14(21)12(11)13(18-19)24(22,23)7-8-3-4-9(15)5-10(8)16/h3-6H,7H2,1-2H3. The molecule has 0 aliphatic heterocycles. The highest BCUT2D eigenvalue weighted by Gasteiger charge is 2.26. The van der Waals surface area contributed by atoms with Crippen LogP contribution in [0.5, 0.6) is 0 Å². The van der Waals surface area contributed by atoms with Gasteiger partial charge < -0.3 is 0 Å². The first-order chi connectivity index (χ1) is 11.2. The van der Waals surface area contributed by atoms with E-state index in [4.69, 9.17) is 23.2 Å². The summed E-state index contributed by atoms with van der Waals surface area (Å²) < 4.78 is 28.0. The summed E-state index contributed by atoms with van der Waals surface area (Å²) in [6, 6.07) is 4.55. The average molecular weight is 387 g/mol. The highest BCUT2D eigenvalue weighted by Crippen LogP contribution is 2.26. The van der Waals surface area contributed by atoms with Gasteiger partial charge in [0.1, 0.15) is 5.39 Å². The normalized spacial score (nSPS) is 12.0. The Hall–Kier alpha value is -1.90. The molecule has 0 aliphatic carbocycles. The Morgan fingerprint density at radius 2 is 1.88 bits per heavy atom. The number of halogens is 2. The average Bonchev–Trinajstić information content (AvgIpc) is 2.84. The van der Waals surface area contributed by atoms with Crippen LogP contribution in [0.1, 0.15) is 5.56 Å². The molecule has 0 spiro atoms. The first-order valence-electron chi connectivity index (χ1n) is 6.76. The zero-order valence-electron chi connectivity index (χ0n) is 12.7. The van der Waals surface area contributed by atoms with Gasteiger partial charge in [-0.3, -0.25) is 9.48 Å². The molecule has 0 amide bonds. The van der Waals surface area contributed by atoms with Gasteiger partial charge in [0.2, 0.25) is 9.84 Å². The van der Waals surface area contributed by atoms with Gasteiger partial charge in [-0.1, -0.05) is 29.3 Å². The highest BCUT2D eigenvalue weighted by molar-refractivity contribution is 7.90. The van der Waals surface area contributed by atoms with Gasteiger partial charge in [0.05, 0.1) is 17.5 Å². The minimum absolute atomic E-state index is 0.0140. The van der Waals surface area contributed by atoms with Gasteiger partial charge >= 0.3 is 0 Å². The van der Waals surface area contributed by atoms with E-state index in [1.54, 1.807) is 13.1 Å². The fraction of sp³-hybridized carbons (Fsp3) is 0.214. The van der Waals surface area contributed by atoms with Crippen LogP contribution >= 0.6 is 23.2 Å². The van der Waals surface area contributed by atoms with Gasteiger partial charge in [-0.25, -0.2) is 13.1 Å². The number of benzene rings is 1. The van der Waals surface area contributed by atoms with Crippen LogP contribution in [0.2, 0.25) is 10.0 Å². The van der Waals surface area contributed by atoms with Gasteiger partial charge in [-0.2, -0.15) is 10.2 Å². The van der Waals surface area contributed by atoms with Crippen molar-refractivity contribution >= 4 is 43.9 Å². The van der Waals surface area contributed by atoms with Gasteiger partial charge in [-0.05, 0) is 17.7 Å².